The van der Waals surface area contributed by atoms with Gasteiger partial charge >= 0.3 is 0 Å². The highest BCUT2D eigenvalue weighted by Gasteiger charge is 2.09. The standard InChI is InChI=1S/C11H12O2/c1-2-3-7-10(12)9-6-4-5-8-11(9)13/h4-6,8,10,12-13H,7H2,1H3. The van der Waals surface area contributed by atoms with Gasteiger partial charge in [0.15, 0.2) is 0 Å². The topological polar surface area (TPSA) is 40.5 Å². The van der Waals surface area contributed by atoms with Gasteiger partial charge in [-0.1, -0.05) is 18.2 Å². The number of phenolic OH excluding ortho intramolecular Hbond substituents is 1. The quantitative estimate of drug-likeness (QED) is 0.675. The van der Waals surface area contributed by atoms with E-state index in [0.29, 0.717) is 12.0 Å². The van der Waals surface area contributed by atoms with Gasteiger partial charge in [-0.25, -0.2) is 0 Å². The molecule has 0 bridgehead atoms. The van der Waals surface area contributed by atoms with E-state index in [2.05, 4.69) is 11.8 Å². The van der Waals surface area contributed by atoms with Crippen molar-refractivity contribution in [3.05, 3.63) is 29.8 Å². The van der Waals surface area contributed by atoms with Gasteiger partial charge in [0.2, 0.25) is 0 Å². The normalized spacial score (nSPS) is 11.5. The maximum atomic E-state index is 9.57. The first-order valence-electron chi connectivity index (χ1n) is 4.11. The smallest absolute Gasteiger partial charge is 0.121 e. The summed E-state index contributed by atoms with van der Waals surface area (Å²) in [6, 6.07) is 6.74. The van der Waals surface area contributed by atoms with Gasteiger partial charge in [-0.3, -0.25) is 0 Å². The largest absolute Gasteiger partial charge is 0.508 e. The van der Waals surface area contributed by atoms with Crippen LogP contribution in [-0.4, -0.2) is 10.2 Å². The number of hydrogen-bond donors (Lipinski definition) is 2. The van der Waals surface area contributed by atoms with E-state index in [4.69, 9.17) is 0 Å². The van der Waals surface area contributed by atoms with Crippen LogP contribution in [0.25, 0.3) is 0 Å². The predicted molar refractivity (Wildman–Crippen MR) is 51.1 cm³/mol. The molecule has 0 aliphatic rings. The van der Waals surface area contributed by atoms with Crippen LogP contribution in [0.5, 0.6) is 5.75 Å². The van der Waals surface area contributed by atoms with Crippen LogP contribution in [0.4, 0.5) is 0 Å². The highest BCUT2D eigenvalue weighted by atomic mass is 16.3. The van der Waals surface area contributed by atoms with Crippen molar-refractivity contribution in [1.29, 1.82) is 0 Å². The van der Waals surface area contributed by atoms with E-state index < -0.39 is 6.10 Å². The minimum Gasteiger partial charge on any atom is -0.508 e. The SMILES string of the molecule is CC#CCC(O)c1ccccc1O. The Morgan fingerprint density at radius 3 is 2.69 bits per heavy atom. The maximum absolute atomic E-state index is 9.57. The summed E-state index contributed by atoms with van der Waals surface area (Å²) in [6.45, 7) is 1.72. The second-order valence-corrected chi connectivity index (χ2v) is 2.71. The summed E-state index contributed by atoms with van der Waals surface area (Å²) < 4.78 is 0. The van der Waals surface area contributed by atoms with Crippen molar-refractivity contribution in [3.63, 3.8) is 0 Å². The van der Waals surface area contributed by atoms with Crippen LogP contribution in [0, 0.1) is 11.8 Å². The van der Waals surface area contributed by atoms with E-state index in [1.54, 1.807) is 31.2 Å². The van der Waals surface area contributed by atoms with Crippen LogP contribution in [0.15, 0.2) is 24.3 Å². The minimum atomic E-state index is -0.700. The summed E-state index contributed by atoms with van der Waals surface area (Å²) >= 11 is 0. The molecule has 0 aliphatic heterocycles. The minimum absolute atomic E-state index is 0.118. The molecule has 0 saturated carbocycles. The van der Waals surface area contributed by atoms with Crippen LogP contribution < -0.4 is 0 Å². The summed E-state index contributed by atoms with van der Waals surface area (Å²) in [6.07, 6.45) is -0.345. The molecule has 2 heteroatoms. The molecule has 0 spiro atoms. The van der Waals surface area contributed by atoms with Crippen molar-refractivity contribution in [1.82, 2.24) is 0 Å². The molecule has 0 fully saturated rings. The van der Waals surface area contributed by atoms with Crippen molar-refractivity contribution in [2.24, 2.45) is 0 Å². The molecular weight excluding hydrogens is 164 g/mol. The molecule has 13 heavy (non-hydrogen) atoms. The fourth-order valence-electron chi connectivity index (χ4n) is 1.08. The Morgan fingerprint density at radius 1 is 1.38 bits per heavy atom. The number of phenols is 1. The third-order valence-corrected chi connectivity index (χ3v) is 1.77. The molecule has 1 atom stereocenters. The van der Waals surface area contributed by atoms with Crippen LogP contribution in [0.1, 0.15) is 25.0 Å². The van der Waals surface area contributed by atoms with Crippen molar-refractivity contribution >= 4 is 0 Å². The maximum Gasteiger partial charge on any atom is 0.121 e. The van der Waals surface area contributed by atoms with Crippen molar-refractivity contribution in [2.75, 3.05) is 0 Å². The molecule has 68 valence electrons. The zero-order valence-corrected chi connectivity index (χ0v) is 7.49. The lowest BCUT2D eigenvalue weighted by molar-refractivity contribution is 0.180. The van der Waals surface area contributed by atoms with Gasteiger partial charge in [-0.05, 0) is 13.0 Å². The molecule has 1 aromatic rings. The number of benzene rings is 1. The summed E-state index contributed by atoms with van der Waals surface area (Å²) in [7, 11) is 0. The molecule has 0 saturated heterocycles. The molecule has 1 unspecified atom stereocenters. The fraction of sp³-hybridized carbons (Fsp3) is 0.273. The van der Waals surface area contributed by atoms with Crippen LogP contribution in [0.2, 0.25) is 0 Å². The fourth-order valence-corrected chi connectivity index (χ4v) is 1.08. The Morgan fingerprint density at radius 2 is 2.08 bits per heavy atom. The number of hydrogen-bond acceptors (Lipinski definition) is 2. The van der Waals surface area contributed by atoms with Gasteiger partial charge < -0.3 is 10.2 Å². The van der Waals surface area contributed by atoms with Gasteiger partial charge in [0, 0.05) is 12.0 Å². The monoisotopic (exact) mass is 176 g/mol. The average molecular weight is 176 g/mol. The molecule has 0 aliphatic carbocycles. The number of aliphatic hydroxyl groups excluding tert-OH is 1. The number of aliphatic hydroxyl groups is 1. The van der Waals surface area contributed by atoms with Gasteiger partial charge in [-0.2, -0.15) is 0 Å². The van der Waals surface area contributed by atoms with E-state index in [0.717, 1.165) is 0 Å². The van der Waals surface area contributed by atoms with Crippen LogP contribution in [-0.2, 0) is 0 Å². The number of aromatic hydroxyl groups is 1. The van der Waals surface area contributed by atoms with E-state index in [9.17, 15) is 10.2 Å². The highest BCUT2D eigenvalue weighted by molar-refractivity contribution is 5.34. The third-order valence-electron chi connectivity index (χ3n) is 1.77. The lowest BCUT2D eigenvalue weighted by Gasteiger charge is -2.08. The Kier molecular flexibility index (Phi) is 3.36. The first-order chi connectivity index (χ1) is 6.25. The van der Waals surface area contributed by atoms with E-state index in [1.807, 2.05) is 0 Å². The zero-order valence-electron chi connectivity index (χ0n) is 7.49. The molecule has 1 aromatic carbocycles. The second kappa shape index (κ2) is 4.54. The molecule has 0 heterocycles. The Bertz CT molecular complexity index is 333. The first-order valence-corrected chi connectivity index (χ1v) is 4.11. The molecular formula is C11H12O2. The predicted octanol–water partition coefficient (Wildman–Crippen LogP) is 1.84. The van der Waals surface area contributed by atoms with E-state index in [1.165, 1.54) is 0 Å². The van der Waals surface area contributed by atoms with Crippen LogP contribution in [0.3, 0.4) is 0 Å². The molecule has 0 radical (unpaired) electrons. The summed E-state index contributed by atoms with van der Waals surface area (Å²) in [4.78, 5) is 0. The third kappa shape index (κ3) is 2.50. The summed E-state index contributed by atoms with van der Waals surface area (Å²) in [5.41, 5.74) is 0.533. The lowest BCUT2D eigenvalue weighted by Crippen LogP contribution is -1.95. The van der Waals surface area contributed by atoms with Gasteiger partial charge in [0.25, 0.3) is 0 Å². The Labute approximate surface area is 77.8 Å². The van der Waals surface area contributed by atoms with Gasteiger partial charge in [-0.15, -0.1) is 11.8 Å². The number of para-hydroxylation sites is 1. The van der Waals surface area contributed by atoms with Gasteiger partial charge in [0.05, 0.1) is 6.10 Å². The van der Waals surface area contributed by atoms with Crippen molar-refractivity contribution in [2.45, 2.75) is 19.4 Å². The van der Waals surface area contributed by atoms with Crippen molar-refractivity contribution < 1.29 is 10.2 Å². The Hall–Kier alpha value is -1.46. The van der Waals surface area contributed by atoms with Gasteiger partial charge in [0.1, 0.15) is 5.75 Å². The van der Waals surface area contributed by atoms with E-state index >= 15 is 0 Å². The molecule has 1 rings (SSSR count). The highest BCUT2D eigenvalue weighted by Crippen LogP contribution is 2.25. The first kappa shape index (κ1) is 9.63. The molecule has 0 aromatic heterocycles. The van der Waals surface area contributed by atoms with Crippen LogP contribution >= 0.6 is 0 Å². The summed E-state index contributed by atoms with van der Waals surface area (Å²) in [5.74, 6) is 5.58. The molecule has 2 N–H and O–H groups in total. The Balaban J connectivity index is 2.80. The lowest BCUT2D eigenvalue weighted by atomic mass is 10.1. The summed E-state index contributed by atoms with van der Waals surface area (Å²) in [5, 5.41) is 18.9. The average Bonchev–Trinajstić information content (AvgIpc) is 2.15. The van der Waals surface area contributed by atoms with E-state index in [-0.39, 0.29) is 5.75 Å². The van der Waals surface area contributed by atoms with Crippen molar-refractivity contribution in [3.8, 4) is 17.6 Å². The molecule has 0 amide bonds. The number of rotatable bonds is 2. The molecule has 2 nitrogen and oxygen atoms in total. The second-order valence-electron chi connectivity index (χ2n) is 2.71. The zero-order chi connectivity index (χ0) is 9.68.